The molecule has 3 rings (SSSR count). The van der Waals surface area contributed by atoms with Crippen LogP contribution in [0.3, 0.4) is 0 Å². The highest BCUT2D eigenvalue weighted by atomic mass is 35.5. The van der Waals surface area contributed by atoms with Crippen molar-refractivity contribution in [2.45, 2.75) is 32.0 Å². The van der Waals surface area contributed by atoms with E-state index < -0.39 is 12.1 Å². The zero-order valence-electron chi connectivity index (χ0n) is 19.6. The van der Waals surface area contributed by atoms with Crippen molar-refractivity contribution in [3.05, 3.63) is 58.6 Å². The average Bonchev–Trinajstić information content (AvgIpc) is 2.84. The predicted molar refractivity (Wildman–Crippen MR) is 132 cm³/mol. The van der Waals surface area contributed by atoms with Crippen molar-refractivity contribution in [1.82, 2.24) is 10.2 Å². The van der Waals surface area contributed by atoms with E-state index >= 15 is 0 Å². The second kappa shape index (κ2) is 12.6. The molecular formula is C25H32ClN3O5. The lowest BCUT2D eigenvalue weighted by Gasteiger charge is -2.33. The third-order valence-corrected chi connectivity index (χ3v) is 6.13. The number of carbonyl (C=O) groups excluding carboxylic acids is 2. The molecule has 1 aliphatic rings. The number of halogens is 1. The second-order valence-electron chi connectivity index (χ2n) is 8.41. The Morgan fingerprint density at radius 3 is 2.68 bits per heavy atom. The van der Waals surface area contributed by atoms with Crippen LogP contribution >= 0.6 is 11.6 Å². The lowest BCUT2D eigenvalue weighted by atomic mass is 10.1. The van der Waals surface area contributed by atoms with Gasteiger partial charge in [-0.05, 0) is 55.7 Å². The van der Waals surface area contributed by atoms with Gasteiger partial charge in [-0.2, -0.15) is 0 Å². The number of esters is 1. The molecule has 1 fully saturated rings. The largest absolute Gasteiger partial charge is 0.490 e. The van der Waals surface area contributed by atoms with Crippen LogP contribution in [0, 0.1) is 6.92 Å². The Morgan fingerprint density at radius 2 is 1.97 bits per heavy atom. The molecule has 184 valence electrons. The van der Waals surface area contributed by atoms with Gasteiger partial charge in [-0.3, -0.25) is 4.79 Å². The molecule has 1 atom stereocenters. The summed E-state index contributed by atoms with van der Waals surface area (Å²) in [5, 5.41) is 16.7. The van der Waals surface area contributed by atoms with Crippen LogP contribution in [0.2, 0.25) is 5.02 Å². The number of hydrogen-bond donors (Lipinski definition) is 3. The summed E-state index contributed by atoms with van der Waals surface area (Å²) in [7, 11) is 1.32. The van der Waals surface area contributed by atoms with Gasteiger partial charge in [0.25, 0.3) is 0 Å². The van der Waals surface area contributed by atoms with E-state index in [4.69, 9.17) is 21.1 Å². The molecule has 34 heavy (non-hydrogen) atoms. The molecule has 1 amide bonds. The average molecular weight is 490 g/mol. The van der Waals surface area contributed by atoms with Crippen molar-refractivity contribution >= 4 is 29.2 Å². The summed E-state index contributed by atoms with van der Waals surface area (Å²) in [6.07, 6.45) is 1.17. The molecule has 0 aliphatic carbocycles. The first-order valence-electron chi connectivity index (χ1n) is 11.4. The van der Waals surface area contributed by atoms with Gasteiger partial charge < -0.3 is 30.1 Å². The zero-order valence-corrected chi connectivity index (χ0v) is 20.3. The van der Waals surface area contributed by atoms with E-state index in [2.05, 4.69) is 15.5 Å². The van der Waals surface area contributed by atoms with Gasteiger partial charge in [0.15, 0.2) is 0 Å². The number of methoxy groups -OCH3 is 1. The maximum Gasteiger partial charge on any atom is 0.337 e. The standard InChI is InChI=1S/C25H32ClN3O5/c1-17-6-7-22(13-23(17)26)34-21-8-10-29(11-9-21)16-20(30)14-28-24(31)15-27-19-5-3-4-18(12-19)25(32)33-2/h3-7,12-13,20-21,27,30H,8-11,14-16H2,1-2H3,(H,28,31)/t20-/m1/s1. The molecule has 2 aromatic rings. The van der Waals surface area contributed by atoms with Gasteiger partial charge in [-0.25, -0.2) is 4.79 Å². The first-order chi connectivity index (χ1) is 16.3. The minimum atomic E-state index is -0.667. The quantitative estimate of drug-likeness (QED) is 0.441. The molecule has 0 aromatic heterocycles. The van der Waals surface area contributed by atoms with Crippen LogP contribution in [0.4, 0.5) is 5.69 Å². The first kappa shape index (κ1) is 25.8. The van der Waals surface area contributed by atoms with Crippen molar-refractivity contribution in [2.75, 3.05) is 45.2 Å². The molecule has 3 N–H and O–H groups in total. The first-order valence-corrected chi connectivity index (χ1v) is 11.7. The summed E-state index contributed by atoms with van der Waals surface area (Å²) >= 11 is 6.17. The van der Waals surface area contributed by atoms with E-state index in [0.29, 0.717) is 22.8 Å². The summed E-state index contributed by atoms with van der Waals surface area (Å²) in [6.45, 7) is 4.27. The molecule has 0 bridgehead atoms. The Balaban J connectivity index is 1.33. The van der Waals surface area contributed by atoms with E-state index in [1.54, 1.807) is 24.3 Å². The number of rotatable bonds is 10. The fourth-order valence-corrected chi connectivity index (χ4v) is 3.93. The van der Waals surface area contributed by atoms with Crippen LogP contribution in [0.15, 0.2) is 42.5 Å². The Morgan fingerprint density at radius 1 is 1.21 bits per heavy atom. The number of ether oxygens (including phenoxy) is 2. The van der Waals surface area contributed by atoms with Gasteiger partial charge in [-0.15, -0.1) is 0 Å². The molecule has 8 nitrogen and oxygen atoms in total. The normalized spacial score (nSPS) is 15.4. The Bertz CT molecular complexity index is 979. The number of aliphatic hydroxyl groups excluding tert-OH is 1. The molecule has 2 aromatic carbocycles. The molecule has 0 radical (unpaired) electrons. The van der Waals surface area contributed by atoms with E-state index in [1.807, 2.05) is 25.1 Å². The van der Waals surface area contributed by atoms with Crippen LogP contribution in [-0.4, -0.2) is 73.9 Å². The highest BCUT2D eigenvalue weighted by Gasteiger charge is 2.22. The molecule has 1 saturated heterocycles. The van der Waals surface area contributed by atoms with Gasteiger partial charge in [-0.1, -0.05) is 23.7 Å². The Hall–Kier alpha value is -2.81. The highest BCUT2D eigenvalue weighted by Crippen LogP contribution is 2.24. The van der Waals surface area contributed by atoms with Crippen LogP contribution in [0.1, 0.15) is 28.8 Å². The lowest BCUT2D eigenvalue weighted by molar-refractivity contribution is -0.119. The smallest absolute Gasteiger partial charge is 0.337 e. The summed E-state index contributed by atoms with van der Waals surface area (Å²) in [5.74, 6) is 0.0974. The molecule has 0 spiro atoms. The van der Waals surface area contributed by atoms with E-state index in [9.17, 15) is 14.7 Å². The topological polar surface area (TPSA) is 100 Å². The van der Waals surface area contributed by atoms with Crippen molar-refractivity contribution in [3.8, 4) is 5.75 Å². The third-order valence-electron chi connectivity index (χ3n) is 5.72. The minimum Gasteiger partial charge on any atom is -0.490 e. The van der Waals surface area contributed by atoms with Gasteiger partial charge in [0, 0.05) is 36.9 Å². The van der Waals surface area contributed by atoms with E-state index in [0.717, 1.165) is 37.2 Å². The number of aliphatic hydroxyl groups is 1. The van der Waals surface area contributed by atoms with Crippen molar-refractivity contribution in [1.29, 1.82) is 0 Å². The van der Waals surface area contributed by atoms with Crippen LogP contribution < -0.4 is 15.4 Å². The summed E-state index contributed by atoms with van der Waals surface area (Å²) in [5.41, 5.74) is 2.06. The van der Waals surface area contributed by atoms with Crippen molar-refractivity contribution < 1.29 is 24.2 Å². The zero-order chi connectivity index (χ0) is 24.5. The Labute approximate surface area is 205 Å². The lowest BCUT2D eigenvalue weighted by Crippen LogP contribution is -2.45. The van der Waals surface area contributed by atoms with E-state index in [1.165, 1.54) is 7.11 Å². The van der Waals surface area contributed by atoms with Crippen LogP contribution in [0.5, 0.6) is 5.75 Å². The molecule has 9 heteroatoms. The van der Waals surface area contributed by atoms with Gasteiger partial charge in [0.2, 0.25) is 5.91 Å². The number of nitrogens with zero attached hydrogens (tertiary/aromatic N) is 1. The highest BCUT2D eigenvalue weighted by molar-refractivity contribution is 6.31. The van der Waals surface area contributed by atoms with Crippen LogP contribution in [-0.2, 0) is 9.53 Å². The predicted octanol–water partition coefficient (Wildman–Crippen LogP) is 2.87. The molecule has 1 aliphatic heterocycles. The Kier molecular flexibility index (Phi) is 9.56. The number of β-amino-alcohol motifs (C(OH)–C–C–N with tert-alkyl or cyclic N) is 1. The number of hydrogen-bond acceptors (Lipinski definition) is 7. The van der Waals surface area contributed by atoms with E-state index in [-0.39, 0.29) is 25.1 Å². The molecule has 0 saturated carbocycles. The van der Waals surface area contributed by atoms with Crippen LogP contribution in [0.25, 0.3) is 0 Å². The second-order valence-corrected chi connectivity index (χ2v) is 8.82. The van der Waals surface area contributed by atoms with Gasteiger partial charge in [0.1, 0.15) is 11.9 Å². The maximum atomic E-state index is 12.1. The number of aryl methyl sites for hydroxylation is 1. The summed E-state index contributed by atoms with van der Waals surface area (Å²) in [6, 6.07) is 12.5. The number of anilines is 1. The summed E-state index contributed by atoms with van der Waals surface area (Å²) < 4.78 is 10.7. The fraction of sp³-hybridized carbons (Fsp3) is 0.440. The summed E-state index contributed by atoms with van der Waals surface area (Å²) in [4.78, 5) is 25.9. The molecule has 0 unspecified atom stereocenters. The number of nitrogens with one attached hydrogen (secondary N) is 2. The number of amides is 1. The monoisotopic (exact) mass is 489 g/mol. The number of carbonyl (C=O) groups is 2. The van der Waals surface area contributed by atoms with Gasteiger partial charge in [0.05, 0.1) is 25.3 Å². The molecule has 1 heterocycles. The van der Waals surface area contributed by atoms with Crippen molar-refractivity contribution in [2.24, 2.45) is 0 Å². The fourth-order valence-electron chi connectivity index (χ4n) is 3.76. The maximum absolute atomic E-state index is 12.1. The third kappa shape index (κ3) is 7.90. The van der Waals surface area contributed by atoms with Gasteiger partial charge >= 0.3 is 5.97 Å². The number of piperidine rings is 1. The molecular weight excluding hydrogens is 458 g/mol. The minimum absolute atomic E-state index is 0.0309. The SMILES string of the molecule is COC(=O)c1cccc(NCC(=O)NC[C@@H](O)CN2CCC(Oc3ccc(C)c(Cl)c3)CC2)c1. The number of benzene rings is 2. The van der Waals surface area contributed by atoms with Crippen molar-refractivity contribution in [3.63, 3.8) is 0 Å². The number of likely N-dealkylation sites (tertiary alicyclic amines) is 1.